The van der Waals surface area contributed by atoms with Gasteiger partial charge in [0.05, 0.1) is 0 Å². The highest BCUT2D eigenvalue weighted by molar-refractivity contribution is 5.56. The first-order chi connectivity index (χ1) is 14.7. The summed E-state index contributed by atoms with van der Waals surface area (Å²) < 4.78 is 6.83. The molecule has 0 spiro atoms. The van der Waals surface area contributed by atoms with Crippen LogP contribution < -0.4 is 10.1 Å². The first-order valence-corrected chi connectivity index (χ1v) is 11.8. The second-order valence-corrected chi connectivity index (χ2v) is 8.60. The van der Waals surface area contributed by atoms with E-state index in [2.05, 4.69) is 68.3 Å². The zero-order valence-electron chi connectivity index (χ0n) is 19.3. The first-order valence-electron chi connectivity index (χ1n) is 11.8. The highest BCUT2D eigenvalue weighted by atomic mass is 16.5. The molecule has 2 aromatic carbocycles. The molecule has 2 aliphatic carbocycles. The van der Waals surface area contributed by atoms with Gasteiger partial charge in [-0.3, -0.25) is 0 Å². The van der Waals surface area contributed by atoms with Crippen LogP contribution in [0.1, 0.15) is 74.3 Å². The molecule has 2 nitrogen and oxygen atoms in total. The number of benzene rings is 2. The number of hydrogen-bond donors (Lipinski definition) is 1. The second-order valence-electron chi connectivity index (χ2n) is 8.60. The average Bonchev–Trinajstić information content (AvgIpc) is 2.81. The fourth-order valence-electron chi connectivity index (χ4n) is 5.31. The number of rotatable bonds is 5. The Morgan fingerprint density at radius 3 is 2.63 bits per heavy atom. The van der Waals surface area contributed by atoms with Crippen LogP contribution in [0.2, 0.25) is 0 Å². The van der Waals surface area contributed by atoms with E-state index in [9.17, 15) is 0 Å². The molecule has 4 atom stereocenters. The molecule has 0 aromatic heterocycles. The standard InChI is InChI=1S/C26H33NO.C2H6/c1-4-19-13-12-18(2)16-25(19)28-26-23-11-6-5-8-20(23)14-15-24(26)21-9-7-10-22(17-21)27-3;1-2/h4-6,8,11-13,16,21-22,24,26-27H,1,7,9-10,14-15,17H2,2-3H3;1-2H3/t21?,22-,24?,26-;/m0./s1. The van der Waals surface area contributed by atoms with E-state index in [1.165, 1.54) is 55.2 Å². The molecule has 1 saturated carbocycles. The zero-order chi connectivity index (χ0) is 21.5. The van der Waals surface area contributed by atoms with Crippen LogP contribution in [-0.4, -0.2) is 13.1 Å². The topological polar surface area (TPSA) is 21.3 Å². The highest BCUT2D eigenvalue weighted by Gasteiger charge is 2.38. The van der Waals surface area contributed by atoms with Gasteiger partial charge < -0.3 is 10.1 Å². The summed E-state index contributed by atoms with van der Waals surface area (Å²) in [4.78, 5) is 0. The molecule has 2 heteroatoms. The van der Waals surface area contributed by atoms with Gasteiger partial charge in [0.15, 0.2) is 0 Å². The van der Waals surface area contributed by atoms with Crippen LogP contribution in [0, 0.1) is 18.8 Å². The molecular weight excluding hydrogens is 366 g/mol. The van der Waals surface area contributed by atoms with E-state index < -0.39 is 0 Å². The van der Waals surface area contributed by atoms with Gasteiger partial charge in [-0.25, -0.2) is 0 Å². The minimum atomic E-state index is 0.131. The van der Waals surface area contributed by atoms with Gasteiger partial charge in [-0.15, -0.1) is 0 Å². The maximum Gasteiger partial charge on any atom is 0.127 e. The molecule has 0 radical (unpaired) electrons. The van der Waals surface area contributed by atoms with Crippen LogP contribution in [0.4, 0.5) is 0 Å². The number of nitrogens with one attached hydrogen (secondary N) is 1. The number of aryl methyl sites for hydroxylation is 2. The summed E-state index contributed by atoms with van der Waals surface area (Å²) in [5, 5.41) is 3.53. The van der Waals surface area contributed by atoms with Gasteiger partial charge in [-0.1, -0.05) is 69.3 Å². The Hall–Kier alpha value is -2.06. The average molecular weight is 406 g/mol. The molecule has 0 bridgehead atoms. The largest absolute Gasteiger partial charge is 0.485 e. The monoisotopic (exact) mass is 405 g/mol. The maximum absolute atomic E-state index is 6.83. The van der Waals surface area contributed by atoms with Gasteiger partial charge in [-0.05, 0) is 74.8 Å². The van der Waals surface area contributed by atoms with Gasteiger partial charge in [0.2, 0.25) is 0 Å². The molecule has 2 aromatic rings. The molecule has 0 heterocycles. The van der Waals surface area contributed by atoms with Gasteiger partial charge in [0, 0.05) is 17.5 Å². The Morgan fingerprint density at radius 2 is 1.87 bits per heavy atom. The van der Waals surface area contributed by atoms with E-state index in [1.54, 1.807) is 0 Å². The van der Waals surface area contributed by atoms with E-state index >= 15 is 0 Å². The minimum absolute atomic E-state index is 0.131. The summed E-state index contributed by atoms with van der Waals surface area (Å²) in [6.07, 6.45) is 9.66. The fraction of sp³-hybridized carbons (Fsp3) is 0.500. The quantitative estimate of drug-likeness (QED) is 0.571. The molecule has 4 rings (SSSR count). The third-order valence-corrected chi connectivity index (χ3v) is 6.87. The van der Waals surface area contributed by atoms with Gasteiger partial charge >= 0.3 is 0 Å². The summed E-state index contributed by atoms with van der Waals surface area (Å²) in [5.74, 6) is 2.27. The zero-order valence-corrected chi connectivity index (χ0v) is 19.3. The van der Waals surface area contributed by atoms with Crippen molar-refractivity contribution in [2.75, 3.05) is 7.05 Å². The van der Waals surface area contributed by atoms with E-state index in [-0.39, 0.29) is 6.10 Å². The van der Waals surface area contributed by atoms with Crippen molar-refractivity contribution in [3.63, 3.8) is 0 Å². The smallest absolute Gasteiger partial charge is 0.127 e. The Balaban J connectivity index is 0.00000124. The van der Waals surface area contributed by atoms with Crippen LogP contribution in [0.15, 0.2) is 49.0 Å². The summed E-state index contributed by atoms with van der Waals surface area (Å²) in [6, 6.07) is 16.0. The van der Waals surface area contributed by atoms with E-state index in [4.69, 9.17) is 4.74 Å². The van der Waals surface area contributed by atoms with Crippen molar-refractivity contribution in [1.82, 2.24) is 5.32 Å². The van der Waals surface area contributed by atoms with Gasteiger partial charge in [-0.2, -0.15) is 0 Å². The van der Waals surface area contributed by atoms with Crippen molar-refractivity contribution in [3.05, 3.63) is 71.3 Å². The molecule has 1 N–H and O–H groups in total. The maximum atomic E-state index is 6.83. The molecule has 0 saturated heterocycles. The lowest BCUT2D eigenvalue weighted by molar-refractivity contribution is 0.0577. The summed E-state index contributed by atoms with van der Waals surface area (Å²) in [6.45, 7) is 10.1. The normalized spacial score (nSPS) is 25.5. The van der Waals surface area contributed by atoms with Crippen LogP contribution in [-0.2, 0) is 6.42 Å². The van der Waals surface area contributed by atoms with E-state index in [0.717, 1.165) is 17.2 Å². The number of hydrogen-bond acceptors (Lipinski definition) is 2. The molecule has 30 heavy (non-hydrogen) atoms. The van der Waals surface area contributed by atoms with E-state index in [0.29, 0.717) is 12.0 Å². The Bertz CT molecular complexity index is 827. The van der Waals surface area contributed by atoms with Gasteiger partial charge in [0.1, 0.15) is 11.9 Å². The van der Waals surface area contributed by atoms with Crippen molar-refractivity contribution in [2.45, 2.75) is 71.4 Å². The number of ether oxygens (including phenoxy) is 1. The van der Waals surface area contributed by atoms with Crippen molar-refractivity contribution in [2.24, 2.45) is 11.8 Å². The SMILES string of the molecule is C=Cc1ccc(C)cc1O[C@H]1c2ccccc2CCC1C1CCC[C@H](NC)C1.CC. The Labute approximate surface area is 183 Å². The lowest BCUT2D eigenvalue weighted by Gasteiger charge is -2.41. The summed E-state index contributed by atoms with van der Waals surface area (Å²) in [7, 11) is 2.11. The first kappa shape index (κ1) is 22.6. The number of fused-ring (bicyclic) bond motifs is 1. The van der Waals surface area contributed by atoms with Crippen LogP contribution in [0.3, 0.4) is 0 Å². The van der Waals surface area contributed by atoms with Crippen molar-refractivity contribution < 1.29 is 4.74 Å². The molecule has 1 fully saturated rings. The minimum Gasteiger partial charge on any atom is -0.485 e. The van der Waals surface area contributed by atoms with Gasteiger partial charge in [0.25, 0.3) is 0 Å². The molecule has 162 valence electrons. The third kappa shape index (κ3) is 4.98. The molecule has 0 amide bonds. The van der Waals surface area contributed by atoms with Crippen LogP contribution in [0.25, 0.3) is 6.08 Å². The van der Waals surface area contributed by atoms with Crippen molar-refractivity contribution >= 4 is 6.08 Å². The molecule has 0 aliphatic heterocycles. The van der Waals surface area contributed by atoms with Crippen LogP contribution >= 0.6 is 0 Å². The lowest BCUT2D eigenvalue weighted by Crippen LogP contribution is -2.38. The summed E-state index contributed by atoms with van der Waals surface area (Å²) in [5.41, 5.74) is 5.16. The second kappa shape index (κ2) is 10.8. The Morgan fingerprint density at radius 1 is 1.07 bits per heavy atom. The summed E-state index contributed by atoms with van der Waals surface area (Å²) >= 11 is 0. The molecule has 2 unspecified atom stereocenters. The highest BCUT2D eigenvalue weighted by Crippen LogP contribution is 2.46. The van der Waals surface area contributed by atoms with Crippen molar-refractivity contribution in [1.29, 1.82) is 0 Å². The predicted octanol–water partition coefficient (Wildman–Crippen LogP) is 7.12. The van der Waals surface area contributed by atoms with E-state index in [1.807, 2.05) is 19.9 Å². The molecule has 2 aliphatic rings. The Kier molecular flexibility index (Phi) is 8.16. The van der Waals surface area contributed by atoms with Crippen molar-refractivity contribution in [3.8, 4) is 5.75 Å². The lowest BCUT2D eigenvalue weighted by atomic mass is 9.69. The van der Waals surface area contributed by atoms with Crippen LogP contribution in [0.5, 0.6) is 5.75 Å². The third-order valence-electron chi connectivity index (χ3n) is 6.87. The predicted molar refractivity (Wildman–Crippen MR) is 129 cm³/mol. The fourth-order valence-corrected chi connectivity index (χ4v) is 5.31. The molecular formula is C28H39NO.